The molecule has 1 aromatic carbocycles. The number of hydrogen-bond donors (Lipinski definition) is 0. The predicted molar refractivity (Wildman–Crippen MR) is 111 cm³/mol. The van der Waals surface area contributed by atoms with Crippen molar-refractivity contribution in [2.24, 2.45) is 0 Å². The van der Waals surface area contributed by atoms with Crippen molar-refractivity contribution < 1.29 is 4.42 Å². The lowest BCUT2D eigenvalue weighted by atomic mass is 10.1. The van der Waals surface area contributed by atoms with E-state index >= 15 is 0 Å². The van der Waals surface area contributed by atoms with Crippen LogP contribution in [0.1, 0.15) is 0 Å². The summed E-state index contributed by atoms with van der Waals surface area (Å²) in [6, 6.07) is 11.5. The van der Waals surface area contributed by atoms with Gasteiger partial charge in [0.15, 0.2) is 0 Å². The lowest BCUT2D eigenvalue weighted by Gasteiger charge is -2.34. The number of hydrogen-bond acceptors (Lipinski definition) is 5. The molecule has 0 spiro atoms. The van der Waals surface area contributed by atoms with Crippen molar-refractivity contribution in [2.75, 3.05) is 38.1 Å². The molecular weight excluding hydrogens is 376 g/mol. The Kier molecular flexibility index (Phi) is 4.10. The van der Waals surface area contributed by atoms with Gasteiger partial charge in [-0.1, -0.05) is 11.6 Å². The number of aromatic nitrogens is 2. The monoisotopic (exact) mass is 394 g/mol. The van der Waals surface area contributed by atoms with Crippen molar-refractivity contribution in [3.8, 4) is 11.3 Å². The number of fused-ring (bicyclic) bond motifs is 2. The van der Waals surface area contributed by atoms with Crippen LogP contribution in [0, 0.1) is 0 Å². The van der Waals surface area contributed by atoms with Crippen LogP contribution in [0.25, 0.3) is 27.9 Å². The standard InChI is InChI=1S/C21H19ClN4O2/c1-24-6-8-25(9-7-24)16-4-2-14-10-17(21(27)28-19(14)11-16)18-13-26-12-15(22)3-5-20(26)23-18/h2-5,10-13H,6-9H2,1H3. The largest absolute Gasteiger partial charge is 0.422 e. The van der Waals surface area contributed by atoms with E-state index in [2.05, 4.69) is 27.9 Å². The number of anilines is 1. The van der Waals surface area contributed by atoms with Gasteiger partial charge in [-0.05, 0) is 37.4 Å². The molecule has 0 N–H and O–H groups in total. The molecule has 0 radical (unpaired) electrons. The summed E-state index contributed by atoms with van der Waals surface area (Å²) in [6.45, 7) is 3.99. The molecule has 1 aliphatic heterocycles. The highest BCUT2D eigenvalue weighted by Gasteiger charge is 2.16. The van der Waals surface area contributed by atoms with E-state index in [9.17, 15) is 4.79 Å². The summed E-state index contributed by atoms with van der Waals surface area (Å²) >= 11 is 6.03. The molecule has 0 atom stereocenters. The SMILES string of the molecule is CN1CCN(c2ccc3cc(-c4cn5cc(Cl)ccc5n4)c(=O)oc3c2)CC1. The third-order valence-corrected chi connectivity index (χ3v) is 5.50. The van der Waals surface area contributed by atoms with E-state index in [1.165, 1.54) is 0 Å². The summed E-state index contributed by atoms with van der Waals surface area (Å²) in [4.78, 5) is 21.8. The molecule has 0 saturated carbocycles. The van der Waals surface area contributed by atoms with Crippen LogP contribution in [0.2, 0.25) is 5.02 Å². The van der Waals surface area contributed by atoms with Gasteiger partial charge in [-0.25, -0.2) is 9.78 Å². The quantitative estimate of drug-likeness (QED) is 0.487. The number of imidazole rings is 1. The van der Waals surface area contributed by atoms with Gasteiger partial charge in [0.25, 0.3) is 0 Å². The van der Waals surface area contributed by atoms with Crippen LogP contribution in [0.4, 0.5) is 5.69 Å². The number of pyridine rings is 1. The first-order chi connectivity index (χ1) is 13.6. The van der Waals surface area contributed by atoms with Crippen molar-refractivity contribution in [3.05, 3.63) is 64.2 Å². The molecule has 4 heterocycles. The van der Waals surface area contributed by atoms with E-state index in [1.807, 2.05) is 24.3 Å². The van der Waals surface area contributed by atoms with Crippen LogP contribution in [0.15, 0.2) is 58.0 Å². The molecule has 1 fully saturated rings. The van der Waals surface area contributed by atoms with Gasteiger partial charge in [0.05, 0.1) is 16.3 Å². The van der Waals surface area contributed by atoms with Crippen molar-refractivity contribution in [1.82, 2.24) is 14.3 Å². The number of rotatable bonds is 2. The molecule has 1 saturated heterocycles. The fourth-order valence-corrected chi connectivity index (χ4v) is 3.80. The Morgan fingerprint density at radius 2 is 1.86 bits per heavy atom. The average Bonchev–Trinajstić information content (AvgIpc) is 3.10. The maximum atomic E-state index is 12.6. The molecule has 3 aromatic heterocycles. The molecule has 28 heavy (non-hydrogen) atoms. The highest BCUT2D eigenvalue weighted by atomic mass is 35.5. The van der Waals surface area contributed by atoms with Gasteiger partial charge in [-0.3, -0.25) is 0 Å². The molecule has 0 unspecified atom stereocenters. The van der Waals surface area contributed by atoms with Crippen LogP contribution in [-0.2, 0) is 0 Å². The molecule has 7 heteroatoms. The second-order valence-electron chi connectivity index (χ2n) is 7.20. The molecule has 6 nitrogen and oxygen atoms in total. The van der Waals surface area contributed by atoms with Crippen LogP contribution < -0.4 is 10.5 Å². The first kappa shape index (κ1) is 17.3. The third kappa shape index (κ3) is 3.04. The van der Waals surface area contributed by atoms with Gasteiger partial charge in [0, 0.05) is 55.7 Å². The van der Waals surface area contributed by atoms with E-state index in [1.54, 1.807) is 22.9 Å². The topological polar surface area (TPSA) is 54.0 Å². The maximum absolute atomic E-state index is 12.6. The second kappa shape index (κ2) is 6.65. The normalized spacial score (nSPS) is 15.6. The van der Waals surface area contributed by atoms with E-state index in [0.717, 1.165) is 42.9 Å². The summed E-state index contributed by atoms with van der Waals surface area (Å²) in [5.41, 5.74) is 3.03. The third-order valence-electron chi connectivity index (χ3n) is 5.28. The molecule has 4 aromatic rings. The lowest BCUT2D eigenvalue weighted by Crippen LogP contribution is -2.44. The first-order valence-electron chi connectivity index (χ1n) is 9.23. The molecule has 0 bridgehead atoms. The molecular formula is C21H19ClN4O2. The average molecular weight is 395 g/mol. The van der Waals surface area contributed by atoms with Gasteiger partial charge in [0.1, 0.15) is 11.2 Å². The molecule has 1 aliphatic rings. The maximum Gasteiger partial charge on any atom is 0.345 e. The van der Waals surface area contributed by atoms with E-state index < -0.39 is 5.63 Å². The predicted octanol–water partition coefficient (Wildman–Crippen LogP) is 3.51. The summed E-state index contributed by atoms with van der Waals surface area (Å²) in [5, 5.41) is 1.49. The highest BCUT2D eigenvalue weighted by Crippen LogP contribution is 2.26. The van der Waals surface area contributed by atoms with Gasteiger partial charge < -0.3 is 18.6 Å². The minimum Gasteiger partial charge on any atom is -0.422 e. The second-order valence-corrected chi connectivity index (χ2v) is 7.64. The Hall–Kier alpha value is -2.83. The highest BCUT2D eigenvalue weighted by molar-refractivity contribution is 6.30. The fraction of sp³-hybridized carbons (Fsp3) is 0.238. The van der Waals surface area contributed by atoms with Gasteiger partial charge in [-0.15, -0.1) is 0 Å². The van der Waals surface area contributed by atoms with Gasteiger partial charge in [0.2, 0.25) is 0 Å². The Bertz CT molecular complexity index is 1240. The van der Waals surface area contributed by atoms with Crippen LogP contribution in [0.5, 0.6) is 0 Å². The number of nitrogens with zero attached hydrogens (tertiary/aromatic N) is 4. The van der Waals surface area contributed by atoms with Crippen molar-refractivity contribution in [1.29, 1.82) is 0 Å². The Labute approximate surface area is 166 Å². The van der Waals surface area contributed by atoms with E-state index in [-0.39, 0.29) is 0 Å². The lowest BCUT2D eigenvalue weighted by molar-refractivity contribution is 0.313. The van der Waals surface area contributed by atoms with Crippen LogP contribution in [0.3, 0.4) is 0 Å². The van der Waals surface area contributed by atoms with Crippen molar-refractivity contribution in [2.45, 2.75) is 0 Å². The number of likely N-dealkylation sites (N-methyl/N-ethyl adjacent to an activating group) is 1. The zero-order chi connectivity index (χ0) is 19.3. The Morgan fingerprint density at radius 1 is 1.04 bits per heavy atom. The Morgan fingerprint density at radius 3 is 2.68 bits per heavy atom. The number of benzene rings is 1. The summed E-state index contributed by atoms with van der Waals surface area (Å²) < 4.78 is 7.45. The first-order valence-corrected chi connectivity index (χ1v) is 9.61. The van der Waals surface area contributed by atoms with Crippen LogP contribution in [-0.4, -0.2) is 47.5 Å². The summed E-state index contributed by atoms with van der Waals surface area (Å²) in [7, 11) is 2.13. The molecule has 142 valence electrons. The number of piperazine rings is 1. The number of halogens is 1. The minimum absolute atomic E-state index is 0.391. The van der Waals surface area contributed by atoms with E-state index in [4.69, 9.17) is 16.0 Å². The smallest absolute Gasteiger partial charge is 0.345 e. The zero-order valence-electron chi connectivity index (χ0n) is 15.4. The van der Waals surface area contributed by atoms with Crippen LogP contribution >= 0.6 is 11.6 Å². The van der Waals surface area contributed by atoms with Gasteiger partial charge in [-0.2, -0.15) is 0 Å². The minimum atomic E-state index is -0.391. The van der Waals surface area contributed by atoms with E-state index in [0.29, 0.717) is 21.9 Å². The fourth-order valence-electron chi connectivity index (χ4n) is 3.63. The Balaban J connectivity index is 1.55. The zero-order valence-corrected chi connectivity index (χ0v) is 16.2. The molecule has 0 aliphatic carbocycles. The van der Waals surface area contributed by atoms with Crippen molar-refractivity contribution in [3.63, 3.8) is 0 Å². The molecule has 0 amide bonds. The summed E-state index contributed by atoms with van der Waals surface area (Å²) in [6.07, 6.45) is 3.55. The van der Waals surface area contributed by atoms with Crippen molar-refractivity contribution >= 4 is 33.9 Å². The summed E-state index contributed by atoms with van der Waals surface area (Å²) in [5.74, 6) is 0. The molecule has 5 rings (SSSR count). The van der Waals surface area contributed by atoms with Gasteiger partial charge >= 0.3 is 5.63 Å².